The number of carbonyl (C=O) groups is 1. The molecular formula is C24H28ClN3O. The molecule has 1 fully saturated rings. The average Bonchev–Trinajstić information content (AvgIpc) is 2.97. The molecule has 0 saturated heterocycles. The first kappa shape index (κ1) is 21.2. The third kappa shape index (κ3) is 4.57. The first-order valence-corrected chi connectivity index (χ1v) is 10.6. The molecule has 2 atom stereocenters. The van der Waals surface area contributed by atoms with Crippen LogP contribution in [0.25, 0.3) is 11.8 Å². The van der Waals surface area contributed by atoms with Gasteiger partial charge in [0.1, 0.15) is 11.6 Å². The Labute approximate surface area is 178 Å². The summed E-state index contributed by atoms with van der Waals surface area (Å²) in [5.41, 5.74) is 4.99. The van der Waals surface area contributed by atoms with Crippen molar-refractivity contribution in [3.8, 4) is 11.8 Å². The molecule has 1 heterocycles. The number of aryl methyl sites for hydroxylation is 2. The molecule has 1 aliphatic rings. The summed E-state index contributed by atoms with van der Waals surface area (Å²) >= 11 is 6.31. The smallest absolute Gasteiger partial charge is 0.262 e. The lowest BCUT2D eigenvalue weighted by Crippen LogP contribution is -2.41. The van der Waals surface area contributed by atoms with Crippen LogP contribution in [-0.2, 0) is 4.79 Å². The van der Waals surface area contributed by atoms with Crippen LogP contribution in [-0.4, -0.2) is 16.5 Å². The highest BCUT2D eigenvalue weighted by atomic mass is 35.5. The van der Waals surface area contributed by atoms with Gasteiger partial charge in [0.25, 0.3) is 5.91 Å². The van der Waals surface area contributed by atoms with Crippen LogP contribution in [0.15, 0.2) is 29.8 Å². The monoisotopic (exact) mass is 409 g/mol. The van der Waals surface area contributed by atoms with Crippen molar-refractivity contribution < 1.29 is 4.79 Å². The first-order chi connectivity index (χ1) is 13.8. The minimum Gasteiger partial charge on any atom is -0.348 e. The third-order valence-electron chi connectivity index (χ3n) is 5.98. The van der Waals surface area contributed by atoms with Gasteiger partial charge in [0.15, 0.2) is 0 Å². The summed E-state index contributed by atoms with van der Waals surface area (Å²) in [4.78, 5) is 12.7. The number of nitrogens with zero attached hydrogens (tertiary/aromatic N) is 2. The molecule has 0 unspecified atom stereocenters. The van der Waals surface area contributed by atoms with Gasteiger partial charge in [-0.15, -0.1) is 0 Å². The highest BCUT2D eigenvalue weighted by Crippen LogP contribution is 2.27. The maximum Gasteiger partial charge on any atom is 0.262 e. The SMILES string of the molecule is Cc1ccc(-n2c(C)cc(/C=C(\C#N)C(=O)N[C@@H]3CCCC[C@H]3C)c2C)cc1Cl. The van der Waals surface area contributed by atoms with Gasteiger partial charge in [-0.2, -0.15) is 5.26 Å². The fraction of sp³-hybridized carbons (Fsp3) is 0.417. The molecule has 1 amide bonds. The molecule has 152 valence electrons. The van der Waals surface area contributed by atoms with Crippen LogP contribution in [0, 0.1) is 38.0 Å². The fourth-order valence-electron chi connectivity index (χ4n) is 4.13. The van der Waals surface area contributed by atoms with E-state index in [-0.39, 0.29) is 17.5 Å². The summed E-state index contributed by atoms with van der Waals surface area (Å²) < 4.78 is 2.09. The van der Waals surface area contributed by atoms with E-state index in [1.54, 1.807) is 6.08 Å². The average molecular weight is 410 g/mol. The van der Waals surface area contributed by atoms with Crippen molar-refractivity contribution in [1.82, 2.24) is 9.88 Å². The molecule has 1 saturated carbocycles. The van der Waals surface area contributed by atoms with Crippen molar-refractivity contribution in [3.05, 3.63) is 57.4 Å². The van der Waals surface area contributed by atoms with Crippen molar-refractivity contribution in [2.75, 3.05) is 0 Å². The Kier molecular flexibility index (Phi) is 6.49. The zero-order valence-electron chi connectivity index (χ0n) is 17.6. The largest absolute Gasteiger partial charge is 0.348 e. The Morgan fingerprint density at radius 2 is 1.97 bits per heavy atom. The molecule has 0 spiro atoms. The van der Waals surface area contributed by atoms with E-state index in [2.05, 4.69) is 22.9 Å². The number of aromatic nitrogens is 1. The van der Waals surface area contributed by atoms with E-state index in [0.29, 0.717) is 10.9 Å². The van der Waals surface area contributed by atoms with Gasteiger partial charge in [-0.3, -0.25) is 4.79 Å². The van der Waals surface area contributed by atoms with Gasteiger partial charge in [-0.1, -0.05) is 37.4 Å². The van der Waals surface area contributed by atoms with Gasteiger partial charge >= 0.3 is 0 Å². The van der Waals surface area contributed by atoms with Gasteiger partial charge < -0.3 is 9.88 Å². The number of amides is 1. The van der Waals surface area contributed by atoms with Crippen LogP contribution in [0.3, 0.4) is 0 Å². The molecule has 1 N–H and O–H groups in total. The fourth-order valence-corrected chi connectivity index (χ4v) is 4.31. The van der Waals surface area contributed by atoms with E-state index in [4.69, 9.17) is 11.6 Å². The predicted molar refractivity (Wildman–Crippen MR) is 118 cm³/mol. The lowest BCUT2D eigenvalue weighted by molar-refractivity contribution is -0.118. The van der Waals surface area contributed by atoms with Crippen molar-refractivity contribution >= 4 is 23.6 Å². The molecule has 0 aliphatic heterocycles. The number of carbonyl (C=O) groups excluding carboxylic acids is 1. The second-order valence-electron chi connectivity index (χ2n) is 8.11. The molecular weight excluding hydrogens is 382 g/mol. The molecule has 0 bridgehead atoms. The van der Waals surface area contributed by atoms with Crippen LogP contribution in [0.2, 0.25) is 5.02 Å². The van der Waals surface area contributed by atoms with Crippen LogP contribution in [0.5, 0.6) is 0 Å². The highest BCUT2D eigenvalue weighted by molar-refractivity contribution is 6.31. The zero-order chi connectivity index (χ0) is 21.1. The van der Waals surface area contributed by atoms with Gasteiger partial charge in [0.2, 0.25) is 0 Å². The number of rotatable bonds is 4. The molecule has 0 radical (unpaired) electrons. The van der Waals surface area contributed by atoms with E-state index in [1.807, 2.05) is 45.0 Å². The quantitative estimate of drug-likeness (QED) is 0.523. The molecule has 4 nitrogen and oxygen atoms in total. The van der Waals surface area contributed by atoms with E-state index in [1.165, 1.54) is 6.42 Å². The molecule has 1 aliphatic carbocycles. The predicted octanol–water partition coefficient (Wildman–Crippen LogP) is 5.66. The standard InChI is InChI=1S/C24H28ClN3O/c1-15-9-10-21(13-22(15)25)28-17(3)11-19(18(28)4)12-20(14-26)24(29)27-23-8-6-5-7-16(23)2/h9-13,16,23H,5-8H2,1-4H3,(H,27,29)/b20-12+/t16-,23-/m1/s1. The number of halogens is 1. The maximum atomic E-state index is 12.7. The van der Waals surface area contributed by atoms with Crippen LogP contribution < -0.4 is 5.32 Å². The van der Waals surface area contributed by atoms with Crippen molar-refractivity contribution in [3.63, 3.8) is 0 Å². The second kappa shape index (κ2) is 8.88. The van der Waals surface area contributed by atoms with E-state index in [9.17, 15) is 10.1 Å². The molecule has 1 aromatic heterocycles. The normalized spacial score (nSPS) is 19.7. The molecule has 5 heteroatoms. The van der Waals surface area contributed by atoms with Crippen molar-refractivity contribution in [1.29, 1.82) is 5.26 Å². The van der Waals surface area contributed by atoms with E-state index in [0.717, 1.165) is 47.5 Å². The summed E-state index contributed by atoms with van der Waals surface area (Å²) in [6.07, 6.45) is 6.13. The van der Waals surface area contributed by atoms with Crippen molar-refractivity contribution in [2.24, 2.45) is 5.92 Å². The Balaban J connectivity index is 1.89. The maximum absolute atomic E-state index is 12.7. The highest BCUT2D eigenvalue weighted by Gasteiger charge is 2.24. The Bertz CT molecular complexity index is 996. The summed E-state index contributed by atoms with van der Waals surface area (Å²) in [7, 11) is 0. The number of benzene rings is 1. The number of nitrogens with one attached hydrogen (secondary N) is 1. The van der Waals surface area contributed by atoms with Gasteiger partial charge in [0.05, 0.1) is 0 Å². The number of hydrogen-bond acceptors (Lipinski definition) is 2. The molecule has 3 rings (SSSR count). The Hall–Kier alpha value is -2.51. The molecule has 1 aromatic carbocycles. The minimum absolute atomic E-state index is 0.143. The zero-order valence-corrected chi connectivity index (χ0v) is 18.3. The number of nitriles is 1. The number of hydrogen-bond donors (Lipinski definition) is 1. The molecule has 2 aromatic rings. The van der Waals surface area contributed by atoms with E-state index < -0.39 is 0 Å². The summed E-state index contributed by atoms with van der Waals surface area (Å²) in [6, 6.07) is 10.2. The minimum atomic E-state index is -0.283. The van der Waals surface area contributed by atoms with Gasteiger partial charge in [-0.05, 0) is 74.9 Å². The lowest BCUT2D eigenvalue weighted by Gasteiger charge is -2.29. The van der Waals surface area contributed by atoms with Gasteiger partial charge in [-0.25, -0.2) is 0 Å². The Morgan fingerprint density at radius 3 is 2.62 bits per heavy atom. The topological polar surface area (TPSA) is 57.8 Å². The second-order valence-corrected chi connectivity index (χ2v) is 8.51. The molecule has 29 heavy (non-hydrogen) atoms. The van der Waals surface area contributed by atoms with Crippen LogP contribution >= 0.6 is 11.6 Å². The van der Waals surface area contributed by atoms with Gasteiger partial charge in [0, 0.05) is 28.1 Å². The summed E-state index contributed by atoms with van der Waals surface area (Å²) in [6.45, 7) is 8.14. The van der Waals surface area contributed by atoms with Crippen LogP contribution in [0.1, 0.15) is 55.1 Å². The van der Waals surface area contributed by atoms with Crippen LogP contribution in [0.4, 0.5) is 0 Å². The Morgan fingerprint density at radius 1 is 1.24 bits per heavy atom. The van der Waals surface area contributed by atoms with E-state index >= 15 is 0 Å². The summed E-state index contributed by atoms with van der Waals surface area (Å²) in [5.74, 6) is 0.165. The van der Waals surface area contributed by atoms with Crippen molar-refractivity contribution in [2.45, 2.75) is 59.4 Å². The lowest BCUT2D eigenvalue weighted by atomic mass is 9.86. The first-order valence-electron chi connectivity index (χ1n) is 10.2. The third-order valence-corrected chi connectivity index (χ3v) is 6.38. The summed E-state index contributed by atoms with van der Waals surface area (Å²) in [5, 5.41) is 13.4.